The van der Waals surface area contributed by atoms with E-state index in [-0.39, 0.29) is 20.6 Å². The van der Waals surface area contributed by atoms with Gasteiger partial charge in [0.2, 0.25) is 15.9 Å². The van der Waals surface area contributed by atoms with Gasteiger partial charge in [0.15, 0.2) is 0 Å². The summed E-state index contributed by atoms with van der Waals surface area (Å²) < 4.78 is 28.0. The monoisotopic (exact) mass is 473 g/mol. The van der Waals surface area contributed by atoms with Crippen LogP contribution >= 0.6 is 34.5 Å². The third-order valence-electron chi connectivity index (χ3n) is 4.29. The van der Waals surface area contributed by atoms with E-state index in [1.807, 2.05) is 0 Å². The molecule has 0 unspecified atom stereocenters. The van der Waals surface area contributed by atoms with E-state index in [9.17, 15) is 18.0 Å². The van der Waals surface area contributed by atoms with Crippen molar-refractivity contribution in [2.24, 2.45) is 7.05 Å². The minimum absolute atomic E-state index is 0.112. The number of nitrogens with one attached hydrogen (secondary N) is 1. The van der Waals surface area contributed by atoms with Crippen molar-refractivity contribution < 1.29 is 13.2 Å². The van der Waals surface area contributed by atoms with E-state index in [0.717, 1.165) is 27.4 Å². The first kappa shape index (κ1) is 21.6. The van der Waals surface area contributed by atoms with Crippen molar-refractivity contribution in [3.8, 4) is 0 Å². The lowest BCUT2D eigenvalue weighted by Crippen LogP contribution is -2.45. The standard InChI is InChI=1S/C18H17Cl2N3O4S2/c1-10(23(29(3,26)27)15-8-11(19)4-6-13(15)20)17(24)21-12-5-7-14-16(9-12)28-18(25)22(14)2/h4-10H,1-3H3,(H,21,24)/t10-/m1/s1. The molecule has 1 heterocycles. The summed E-state index contributed by atoms with van der Waals surface area (Å²) in [5.74, 6) is -0.561. The van der Waals surface area contributed by atoms with E-state index in [2.05, 4.69) is 5.32 Å². The second-order valence-corrected chi connectivity index (χ2v) is 10.1. The zero-order valence-corrected chi connectivity index (χ0v) is 18.8. The molecule has 1 aromatic heterocycles. The molecule has 7 nitrogen and oxygen atoms in total. The van der Waals surface area contributed by atoms with Crippen molar-refractivity contribution in [3.63, 3.8) is 0 Å². The highest BCUT2D eigenvalue weighted by Crippen LogP contribution is 2.32. The number of benzene rings is 2. The lowest BCUT2D eigenvalue weighted by atomic mass is 10.2. The SMILES string of the molecule is C[C@H](C(=O)Nc1ccc2c(c1)sc(=O)n2C)N(c1cc(Cl)ccc1Cl)S(C)(=O)=O. The smallest absolute Gasteiger partial charge is 0.307 e. The third-order valence-corrected chi connectivity index (χ3v) is 7.07. The Balaban J connectivity index is 1.94. The van der Waals surface area contributed by atoms with Crippen LogP contribution in [0, 0.1) is 0 Å². The number of anilines is 2. The molecule has 0 aliphatic heterocycles. The van der Waals surface area contributed by atoms with E-state index in [1.54, 1.807) is 25.2 Å². The lowest BCUT2D eigenvalue weighted by Gasteiger charge is -2.29. The maximum Gasteiger partial charge on any atom is 0.307 e. The number of aromatic nitrogens is 1. The summed E-state index contributed by atoms with van der Waals surface area (Å²) in [7, 11) is -2.18. The van der Waals surface area contributed by atoms with Crippen molar-refractivity contribution in [3.05, 3.63) is 56.1 Å². The van der Waals surface area contributed by atoms with Crippen LogP contribution in [0.2, 0.25) is 10.0 Å². The van der Waals surface area contributed by atoms with E-state index in [4.69, 9.17) is 23.2 Å². The number of hydrogen-bond donors (Lipinski definition) is 1. The number of rotatable bonds is 5. The number of thiazole rings is 1. The first-order chi connectivity index (χ1) is 13.5. The molecule has 3 rings (SSSR count). The molecule has 0 saturated heterocycles. The number of sulfonamides is 1. The average Bonchev–Trinajstić information content (AvgIpc) is 2.90. The largest absolute Gasteiger partial charge is 0.324 e. The third kappa shape index (κ3) is 4.42. The molecule has 11 heteroatoms. The Labute approximate surface area is 181 Å². The minimum atomic E-state index is -3.84. The fraction of sp³-hybridized carbons (Fsp3) is 0.222. The second-order valence-electron chi connectivity index (χ2n) is 6.43. The Morgan fingerprint density at radius 3 is 2.55 bits per heavy atom. The van der Waals surface area contributed by atoms with Crippen LogP contribution < -0.4 is 14.5 Å². The van der Waals surface area contributed by atoms with E-state index in [0.29, 0.717) is 10.4 Å². The molecule has 0 bridgehead atoms. The molecular weight excluding hydrogens is 457 g/mol. The number of amides is 1. The molecule has 2 aromatic carbocycles. The van der Waals surface area contributed by atoms with Gasteiger partial charge >= 0.3 is 4.87 Å². The molecule has 1 atom stereocenters. The number of carbonyl (C=O) groups is 1. The zero-order chi connectivity index (χ0) is 21.5. The Bertz CT molecular complexity index is 1270. The molecule has 0 aliphatic rings. The fourth-order valence-corrected chi connectivity index (χ4v) is 5.42. The summed E-state index contributed by atoms with van der Waals surface area (Å²) in [5, 5.41) is 3.13. The van der Waals surface area contributed by atoms with Crippen molar-refractivity contribution in [2.45, 2.75) is 13.0 Å². The zero-order valence-electron chi connectivity index (χ0n) is 15.6. The first-order valence-electron chi connectivity index (χ1n) is 8.34. The summed E-state index contributed by atoms with van der Waals surface area (Å²) in [6.45, 7) is 1.45. The van der Waals surface area contributed by atoms with Crippen LogP contribution in [0.25, 0.3) is 10.2 Å². The molecule has 0 saturated carbocycles. The van der Waals surface area contributed by atoms with Gasteiger partial charge in [0.05, 0.1) is 27.2 Å². The minimum Gasteiger partial charge on any atom is -0.324 e. The predicted molar refractivity (Wildman–Crippen MR) is 119 cm³/mol. The van der Waals surface area contributed by atoms with Gasteiger partial charge in [-0.1, -0.05) is 34.5 Å². The van der Waals surface area contributed by atoms with Gasteiger partial charge in [0, 0.05) is 17.8 Å². The summed E-state index contributed by atoms with van der Waals surface area (Å²) in [6, 6.07) is 8.31. The van der Waals surface area contributed by atoms with Crippen LogP contribution in [-0.4, -0.2) is 31.2 Å². The summed E-state index contributed by atoms with van der Waals surface area (Å²) in [6.07, 6.45) is 0.988. The first-order valence-corrected chi connectivity index (χ1v) is 11.8. The fourth-order valence-electron chi connectivity index (χ4n) is 2.89. The summed E-state index contributed by atoms with van der Waals surface area (Å²) in [4.78, 5) is 24.5. The molecule has 0 fully saturated rings. The average molecular weight is 474 g/mol. The lowest BCUT2D eigenvalue weighted by molar-refractivity contribution is -0.116. The van der Waals surface area contributed by atoms with E-state index in [1.165, 1.54) is 29.7 Å². The molecule has 29 heavy (non-hydrogen) atoms. The molecule has 3 aromatic rings. The molecule has 0 radical (unpaired) electrons. The van der Waals surface area contributed by atoms with Crippen LogP contribution in [0.4, 0.5) is 11.4 Å². The van der Waals surface area contributed by atoms with Gasteiger partial charge in [-0.05, 0) is 43.3 Å². The number of hydrogen-bond acceptors (Lipinski definition) is 5. The van der Waals surface area contributed by atoms with Crippen molar-refractivity contribution in [1.82, 2.24) is 4.57 Å². The maximum absolute atomic E-state index is 12.8. The van der Waals surface area contributed by atoms with Gasteiger partial charge < -0.3 is 9.88 Å². The van der Waals surface area contributed by atoms with Gasteiger partial charge in [-0.2, -0.15) is 0 Å². The molecule has 154 valence electrons. The van der Waals surface area contributed by atoms with Gasteiger partial charge in [0.25, 0.3) is 0 Å². The van der Waals surface area contributed by atoms with Crippen molar-refractivity contribution >= 4 is 72.1 Å². The molecule has 1 N–H and O–H groups in total. The highest BCUT2D eigenvalue weighted by atomic mass is 35.5. The van der Waals surface area contributed by atoms with E-state index >= 15 is 0 Å². The maximum atomic E-state index is 12.8. The molecule has 0 aliphatic carbocycles. The van der Waals surface area contributed by atoms with Gasteiger partial charge in [-0.3, -0.25) is 13.9 Å². The van der Waals surface area contributed by atoms with Gasteiger partial charge in [-0.15, -0.1) is 0 Å². The predicted octanol–water partition coefficient (Wildman–Crippen LogP) is 3.70. The van der Waals surface area contributed by atoms with Crippen LogP contribution in [-0.2, 0) is 21.9 Å². The Morgan fingerprint density at radius 2 is 1.90 bits per heavy atom. The molecule has 0 spiro atoms. The summed E-state index contributed by atoms with van der Waals surface area (Å²) >= 11 is 13.2. The highest BCUT2D eigenvalue weighted by molar-refractivity contribution is 7.92. The van der Waals surface area contributed by atoms with Crippen LogP contribution in [0.15, 0.2) is 41.2 Å². The van der Waals surface area contributed by atoms with Gasteiger partial charge in [0.1, 0.15) is 6.04 Å². The number of carbonyl (C=O) groups excluding carboxylic acids is 1. The topological polar surface area (TPSA) is 88.5 Å². The molecule has 1 amide bonds. The highest BCUT2D eigenvalue weighted by Gasteiger charge is 2.31. The molecular formula is C18H17Cl2N3O4S2. The number of aryl methyl sites for hydroxylation is 1. The Hall–Kier alpha value is -2.07. The second kappa shape index (κ2) is 7.98. The van der Waals surface area contributed by atoms with E-state index < -0.39 is 22.0 Å². The van der Waals surface area contributed by atoms with Gasteiger partial charge in [-0.25, -0.2) is 8.42 Å². The quantitative estimate of drug-likeness (QED) is 0.611. The Morgan fingerprint density at radius 1 is 1.21 bits per heavy atom. The van der Waals surface area contributed by atoms with Crippen molar-refractivity contribution in [1.29, 1.82) is 0 Å². The number of fused-ring (bicyclic) bond motifs is 1. The normalized spacial score (nSPS) is 12.7. The Kier molecular flexibility index (Phi) is 5.96. The van der Waals surface area contributed by atoms with Crippen LogP contribution in [0.3, 0.4) is 0 Å². The van der Waals surface area contributed by atoms with Crippen LogP contribution in [0.5, 0.6) is 0 Å². The summed E-state index contributed by atoms with van der Waals surface area (Å²) in [5.41, 5.74) is 1.30. The number of halogens is 2. The van der Waals surface area contributed by atoms with Crippen molar-refractivity contribution in [2.75, 3.05) is 15.9 Å². The van der Waals surface area contributed by atoms with Crippen LogP contribution in [0.1, 0.15) is 6.92 Å². The number of nitrogens with zero attached hydrogens (tertiary/aromatic N) is 2.